The average Bonchev–Trinajstić information content (AvgIpc) is 2.88. The lowest BCUT2D eigenvalue weighted by Crippen LogP contribution is -2.54. The first-order valence-electron chi connectivity index (χ1n) is 7.35. The first-order chi connectivity index (χ1) is 9.10. The lowest BCUT2D eigenvalue weighted by molar-refractivity contribution is -0.157. The molecule has 2 heterocycles. The highest BCUT2D eigenvalue weighted by Gasteiger charge is 2.45. The van der Waals surface area contributed by atoms with E-state index in [2.05, 4.69) is 12.2 Å². The van der Waals surface area contributed by atoms with E-state index in [9.17, 15) is 14.7 Å². The fourth-order valence-electron chi connectivity index (χ4n) is 3.46. The van der Waals surface area contributed by atoms with E-state index in [0.29, 0.717) is 19.5 Å². The molecule has 2 aliphatic rings. The molecule has 0 bridgehead atoms. The number of piperidine rings is 1. The average molecular weight is 268 g/mol. The summed E-state index contributed by atoms with van der Waals surface area (Å²) in [6.45, 7) is 4.24. The van der Waals surface area contributed by atoms with Crippen LogP contribution in [0.3, 0.4) is 0 Å². The highest BCUT2D eigenvalue weighted by atomic mass is 16.4. The number of hydrogen-bond acceptors (Lipinski definition) is 3. The van der Waals surface area contributed by atoms with Gasteiger partial charge in [-0.3, -0.25) is 4.79 Å². The van der Waals surface area contributed by atoms with Gasteiger partial charge in [0.15, 0.2) is 0 Å². The van der Waals surface area contributed by atoms with E-state index in [1.165, 1.54) is 0 Å². The Morgan fingerprint density at radius 3 is 2.79 bits per heavy atom. The molecule has 2 fully saturated rings. The van der Waals surface area contributed by atoms with E-state index in [0.717, 1.165) is 38.6 Å². The van der Waals surface area contributed by atoms with Crippen LogP contribution in [0.25, 0.3) is 0 Å². The number of hydrogen-bond donors (Lipinski definition) is 2. The van der Waals surface area contributed by atoms with E-state index in [4.69, 9.17) is 0 Å². The van der Waals surface area contributed by atoms with Gasteiger partial charge in [0.1, 0.15) is 6.04 Å². The molecule has 0 aliphatic carbocycles. The molecule has 108 valence electrons. The Labute approximate surface area is 114 Å². The van der Waals surface area contributed by atoms with Crippen LogP contribution >= 0.6 is 0 Å². The highest BCUT2D eigenvalue weighted by molar-refractivity contribution is 5.88. The van der Waals surface area contributed by atoms with Gasteiger partial charge in [0, 0.05) is 13.1 Å². The lowest BCUT2D eigenvalue weighted by atomic mass is 9.80. The summed E-state index contributed by atoms with van der Waals surface area (Å²) in [5, 5.41) is 12.6. The fourth-order valence-corrected chi connectivity index (χ4v) is 3.46. The van der Waals surface area contributed by atoms with Crippen LogP contribution in [-0.4, -0.2) is 47.6 Å². The van der Waals surface area contributed by atoms with E-state index in [1.807, 2.05) is 0 Å². The minimum Gasteiger partial charge on any atom is -0.480 e. The second-order valence-corrected chi connectivity index (χ2v) is 5.81. The van der Waals surface area contributed by atoms with Gasteiger partial charge in [0.2, 0.25) is 5.91 Å². The van der Waals surface area contributed by atoms with Gasteiger partial charge >= 0.3 is 5.97 Å². The quantitative estimate of drug-likeness (QED) is 0.804. The predicted octanol–water partition coefficient (Wildman–Crippen LogP) is 1.23. The largest absolute Gasteiger partial charge is 0.480 e. The third-order valence-corrected chi connectivity index (χ3v) is 4.47. The van der Waals surface area contributed by atoms with Crippen LogP contribution in [0.1, 0.15) is 45.4 Å². The zero-order valence-electron chi connectivity index (χ0n) is 11.7. The van der Waals surface area contributed by atoms with Crippen molar-refractivity contribution in [3.8, 4) is 0 Å². The van der Waals surface area contributed by atoms with Crippen molar-refractivity contribution in [1.29, 1.82) is 0 Å². The molecular formula is C14H24N2O3. The molecular weight excluding hydrogens is 244 g/mol. The van der Waals surface area contributed by atoms with Gasteiger partial charge in [-0.25, -0.2) is 4.79 Å². The topological polar surface area (TPSA) is 69.6 Å². The zero-order valence-corrected chi connectivity index (χ0v) is 11.7. The lowest BCUT2D eigenvalue weighted by Gasteiger charge is -2.39. The molecule has 0 aromatic carbocycles. The molecule has 0 saturated carbocycles. The Hall–Kier alpha value is -1.10. The van der Waals surface area contributed by atoms with Crippen LogP contribution in [0.15, 0.2) is 0 Å². The maximum atomic E-state index is 12.8. The van der Waals surface area contributed by atoms with Crippen molar-refractivity contribution in [1.82, 2.24) is 10.2 Å². The van der Waals surface area contributed by atoms with E-state index in [1.54, 1.807) is 4.90 Å². The van der Waals surface area contributed by atoms with Crippen molar-refractivity contribution < 1.29 is 14.7 Å². The van der Waals surface area contributed by atoms with Gasteiger partial charge in [-0.15, -0.1) is 0 Å². The Morgan fingerprint density at radius 1 is 1.42 bits per heavy atom. The second kappa shape index (κ2) is 5.90. The molecule has 1 unspecified atom stereocenters. The summed E-state index contributed by atoms with van der Waals surface area (Å²) in [6.07, 6.45) is 5.06. The maximum Gasteiger partial charge on any atom is 0.326 e. The van der Waals surface area contributed by atoms with Gasteiger partial charge < -0.3 is 15.3 Å². The van der Waals surface area contributed by atoms with Gasteiger partial charge in [0.25, 0.3) is 0 Å². The summed E-state index contributed by atoms with van der Waals surface area (Å²) in [5.74, 6) is -0.794. The first-order valence-corrected chi connectivity index (χ1v) is 7.35. The molecule has 19 heavy (non-hydrogen) atoms. The van der Waals surface area contributed by atoms with Gasteiger partial charge in [0.05, 0.1) is 5.41 Å². The number of likely N-dealkylation sites (tertiary alicyclic amines) is 1. The zero-order chi connectivity index (χ0) is 13.9. The summed E-state index contributed by atoms with van der Waals surface area (Å²) < 4.78 is 0. The minimum absolute atomic E-state index is 0.0615. The molecule has 2 aliphatic heterocycles. The Morgan fingerprint density at radius 2 is 2.21 bits per heavy atom. The van der Waals surface area contributed by atoms with Gasteiger partial charge in [-0.1, -0.05) is 13.3 Å². The highest BCUT2D eigenvalue weighted by Crippen LogP contribution is 2.35. The molecule has 2 rings (SSSR count). The minimum atomic E-state index is -0.856. The van der Waals surface area contributed by atoms with Crippen LogP contribution in [0, 0.1) is 5.41 Å². The molecule has 0 radical (unpaired) electrons. The standard InChI is InChI=1S/C14H24N2O3/c1-2-6-14(7-8-15-10-14)13(19)16-9-4-3-5-11(16)12(17)18/h11,15H,2-10H2,1H3,(H,17,18)/t11-,14?/m1/s1. The Kier molecular flexibility index (Phi) is 4.45. The maximum absolute atomic E-state index is 12.8. The van der Waals surface area contributed by atoms with Crippen molar-refractivity contribution in [3.63, 3.8) is 0 Å². The number of amides is 1. The molecule has 0 aromatic rings. The Balaban J connectivity index is 2.17. The molecule has 5 heteroatoms. The first kappa shape index (κ1) is 14.3. The normalized spacial score (nSPS) is 31.4. The van der Waals surface area contributed by atoms with Crippen molar-refractivity contribution in [2.45, 2.75) is 51.5 Å². The monoisotopic (exact) mass is 268 g/mol. The van der Waals surface area contributed by atoms with Gasteiger partial charge in [-0.05, 0) is 38.6 Å². The van der Waals surface area contributed by atoms with E-state index >= 15 is 0 Å². The number of rotatable bonds is 4. The summed E-state index contributed by atoms with van der Waals surface area (Å²) in [6, 6.07) is -0.615. The number of carbonyl (C=O) groups excluding carboxylic acids is 1. The number of nitrogens with zero attached hydrogens (tertiary/aromatic N) is 1. The van der Waals surface area contributed by atoms with Crippen molar-refractivity contribution in [2.75, 3.05) is 19.6 Å². The number of carboxylic acid groups (broad SMARTS) is 1. The molecule has 2 saturated heterocycles. The van der Waals surface area contributed by atoms with Crippen molar-refractivity contribution in [3.05, 3.63) is 0 Å². The van der Waals surface area contributed by atoms with Crippen LogP contribution in [0.5, 0.6) is 0 Å². The van der Waals surface area contributed by atoms with Crippen LogP contribution < -0.4 is 5.32 Å². The van der Waals surface area contributed by atoms with E-state index < -0.39 is 12.0 Å². The summed E-state index contributed by atoms with van der Waals surface area (Å²) in [5.41, 5.74) is -0.361. The number of carboxylic acids is 1. The van der Waals surface area contributed by atoms with Crippen LogP contribution in [0.4, 0.5) is 0 Å². The smallest absolute Gasteiger partial charge is 0.326 e. The number of nitrogens with one attached hydrogen (secondary N) is 1. The van der Waals surface area contributed by atoms with Gasteiger partial charge in [-0.2, -0.15) is 0 Å². The van der Waals surface area contributed by atoms with E-state index in [-0.39, 0.29) is 11.3 Å². The summed E-state index contributed by atoms with van der Waals surface area (Å²) in [4.78, 5) is 25.8. The Bertz CT molecular complexity index is 351. The number of carbonyl (C=O) groups is 2. The molecule has 2 atom stereocenters. The number of aliphatic carboxylic acids is 1. The summed E-state index contributed by atoms with van der Waals surface area (Å²) >= 11 is 0. The van der Waals surface area contributed by atoms with Crippen LogP contribution in [0.2, 0.25) is 0 Å². The third kappa shape index (κ3) is 2.76. The summed E-state index contributed by atoms with van der Waals surface area (Å²) in [7, 11) is 0. The predicted molar refractivity (Wildman–Crippen MR) is 71.8 cm³/mol. The molecule has 1 amide bonds. The third-order valence-electron chi connectivity index (χ3n) is 4.47. The SMILES string of the molecule is CCCC1(C(=O)N2CCCC[C@@H]2C(=O)O)CCNC1. The fraction of sp³-hybridized carbons (Fsp3) is 0.857. The van der Waals surface area contributed by atoms with Crippen LogP contribution in [-0.2, 0) is 9.59 Å². The molecule has 2 N–H and O–H groups in total. The second-order valence-electron chi connectivity index (χ2n) is 5.81. The van der Waals surface area contributed by atoms with Crippen molar-refractivity contribution >= 4 is 11.9 Å². The molecule has 0 aromatic heterocycles. The van der Waals surface area contributed by atoms with Crippen molar-refractivity contribution in [2.24, 2.45) is 5.41 Å². The molecule has 5 nitrogen and oxygen atoms in total. The molecule has 0 spiro atoms.